The molecule has 0 amide bonds. The van der Waals surface area contributed by atoms with Crippen molar-refractivity contribution in [3.8, 4) is 11.5 Å². The number of pyridine rings is 1. The van der Waals surface area contributed by atoms with Gasteiger partial charge in [0.15, 0.2) is 17.7 Å². The Kier molecular flexibility index (Phi) is 4.15. The number of aromatic nitrogens is 1. The lowest BCUT2D eigenvalue weighted by Crippen LogP contribution is -2.24. The standard InChI is InChI=1S/C23H22N2O3/c1-15-4-6-16(7-5-15)23(26)18-14-24-19-13-21-20(27-10-11-28-21)12-17(19)22(18)25-8-2-3-9-25/h4-7,12-14H,2-3,8-11H2,1H3/p+1. The molecule has 0 radical (unpaired) electrons. The van der Waals surface area contributed by atoms with Crippen LogP contribution in [0.15, 0.2) is 42.6 Å². The Morgan fingerprint density at radius 1 is 1.00 bits per heavy atom. The maximum atomic E-state index is 13.4. The lowest BCUT2D eigenvalue weighted by Gasteiger charge is -2.23. The number of nitrogens with one attached hydrogen (secondary N) is 1. The van der Waals surface area contributed by atoms with Crippen molar-refractivity contribution in [2.24, 2.45) is 0 Å². The van der Waals surface area contributed by atoms with Crippen LogP contribution in [0.25, 0.3) is 10.9 Å². The van der Waals surface area contributed by atoms with Crippen LogP contribution >= 0.6 is 0 Å². The lowest BCUT2D eigenvalue weighted by atomic mass is 9.99. The molecule has 0 spiro atoms. The van der Waals surface area contributed by atoms with Gasteiger partial charge in [0.05, 0.1) is 17.1 Å². The van der Waals surface area contributed by atoms with Crippen molar-refractivity contribution in [3.05, 3.63) is 59.3 Å². The van der Waals surface area contributed by atoms with E-state index in [9.17, 15) is 4.79 Å². The normalized spacial score (nSPS) is 15.8. The Morgan fingerprint density at radius 3 is 2.39 bits per heavy atom. The third-order valence-electron chi connectivity index (χ3n) is 5.55. The van der Waals surface area contributed by atoms with Gasteiger partial charge in [-0.3, -0.25) is 4.79 Å². The number of hydrogen-bond acceptors (Lipinski definition) is 4. The summed E-state index contributed by atoms with van der Waals surface area (Å²) >= 11 is 0. The van der Waals surface area contributed by atoms with E-state index in [-0.39, 0.29) is 5.78 Å². The molecule has 142 valence electrons. The van der Waals surface area contributed by atoms with Crippen molar-refractivity contribution < 1.29 is 19.3 Å². The Morgan fingerprint density at radius 2 is 1.68 bits per heavy atom. The summed E-state index contributed by atoms with van der Waals surface area (Å²) < 4.78 is 11.5. The van der Waals surface area contributed by atoms with E-state index in [1.807, 2.05) is 49.5 Å². The van der Waals surface area contributed by atoms with Gasteiger partial charge in [-0.05, 0) is 19.8 Å². The number of ketones is 1. The first-order valence-electron chi connectivity index (χ1n) is 9.85. The summed E-state index contributed by atoms with van der Waals surface area (Å²) in [5, 5.41) is 1.00. The van der Waals surface area contributed by atoms with Crippen molar-refractivity contribution in [1.82, 2.24) is 0 Å². The number of benzene rings is 2. The topological polar surface area (TPSA) is 52.9 Å². The Labute approximate surface area is 163 Å². The van der Waals surface area contributed by atoms with E-state index in [0.29, 0.717) is 24.3 Å². The van der Waals surface area contributed by atoms with E-state index in [0.717, 1.165) is 59.6 Å². The van der Waals surface area contributed by atoms with Crippen molar-refractivity contribution >= 4 is 22.4 Å². The second-order valence-corrected chi connectivity index (χ2v) is 7.48. The molecule has 3 aromatic rings. The summed E-state index contributed by atoms with van der Waals surface area (Å²) in [4.78, 5) is 19.0. The molecule has 1 aromatic heterocycles. The van der Waals surface area contributed by atoms with E-state index in [1.54, 1.807) is 0 Å². The smallest absolute Gasteiger partial charge is 0.216 e. The van der Waals surface area contributed by atoms with E-state index in [1.165, 1.54) is 0 Å². The summed E-state index contributed by atoms with van der Waals surface area (Å²) in [5.74, 6) is 1.53. The first kappa shape index (κ1) is 17.0. The molecule has 0 saturated carbocycles. The molecule has 5 rings (SSSR count). The number of hydrogen-bond donors (Lipinski definition) is 0. The molecule has 0 aliphatic carbocycles. The number of carbonyl (C=O) groups is 1. The third-order valence-corrected chi connectivity index (χ3v) is 5.55. The molecule has 2 aliphatic rings. The van der Waals surface area contributed by atoms with Crippen LogP contribution in [-0.2, 0) is 0 Å². The van der Waals surface area contributed by atoms with Gasteiger partial charge >= 0.3 is 0 Å². The summed E-state index contributed by atoms with van der Waals surface area (Å²) in [6, 6.07) is 11.8. The van der Waals surface area contributed by atoms with Crippen LogP contribution in [0.2, 0.25) is 0 Å². The third kappa shape index (κ3) is 2.87. The summed E-state index contributed by atoms with van der Waals surface area (Å²) in [6.45, 7) is 5.05. The van der Waals surface area contributed by atoms with Crippen LogP contribution in [0.4, 0.5) is 5.69 Å². The van der Waals surface area contributed by atoms with Crippen LogP contribution in [0.3, 0.4) is 0 Å². The minimum atomic E-state index is 0.0370. The fourth-order valence-corrected chi connectivity index (χ4v) is 4.08. The SMILES string of the molecule is Cc1ccc(C(=O)c2c[nH+]c3cc4c(cc3c2N2CCCC2)OCCO4)cc1. The first-order chi connectivity index (χ1) is 13.7. The molecule has 5 nitrogen and oxygen atoms in total. The molecule has 3 heterocycles. The van der Waals surface area contributed by atoms with Crippen LogP contribution < -0.4 is 19.4 Å². The minimum Gasteiger partial charge on any atom is -0.486 e. The van der Waals surface area contributed by atoms with E-state index < -0.39 is 0 Å². The number of ether oxygens (including phenoxy) is 2. The lowest BCUT2D eigenvalue weighted by molar-refractivity contribution is -0.344. The average Bonchev–Trinajstić information content (AvgIpc) is 3.26. The average molecular weight is 375 g/mol. The molecule has 1 fully saturated rings. The maximum Gasteiger partial charge on any atom is 0.216 e. The second-order valence-electron chi connectivity index (χ2n) is 7.48. The molecule has 0 bridgehead atoms. The van der Waals surface area contributed by atoms with Crippen LogP contribution in [0.1, 0.15) is 34.3 Å². The first-order valence-corrected chi connectivity index (χ1v) is 9.85. The van der Waals surface area contributed by atoms with Gasteiger partial charge < -0.3 is 14.4 Å². The summed E-state index contributed by atoms with van der Waals surface area (Å²) in [6.07, 6.45) is 4.12. The number of aromatic amines is 1. The summed E-state index contributed by atoms with van der Waals surface area (Å²) in [7, 11) is 0. The van der Waals surface area contributed by atoms with Crippen LogP contribution in [-0.4, -0.2) is 32.1 Å². The van der Waals surface area contributed by atoms with Gasteiger partial charge in [0.2, 0.25) is 11.3 Å². The number of nitrogens with zero attached hydrogens (tertiary/aromatic N) is 1. The van der Waals surface area contributed by atoms with Crippen LogP contribution in [0, 0.1) is 6.92 Å². The molecular weight excluding hydrogens is 352 g/mol. The Bertz CT molecular complexity index is 1050. The van der Waals surface area contributed by atoms with Gasteiger partial charge in [0.25, 0.3) is 0 Å². The zero-order valence-corrected chi connectivity index (χ0v) is 16.0. The molecule has 1 N–H and O–H groups in total. The fraction of sp³-hybridized carbons (Fsp3) is 0.304. The molecule has 0 atom stereocenters. The fourth-order valence-electron chi connectivity index (χ4n) is 4.08. The predicted molar refractivity (Wildman–Crippen MR) is 108 cm³/mol. The molecule has 2 aliphatic heterocycles. The molecule has 28 heavy (non-hydrogen) atoms. The number of aryl methyl sites for hydroxylation is 1. The second kappa shape index (κ2) is 6.82. The summed E-state index contributed by atoms with van der Waals surface area (Å²) in [5.41, 5.74) is 4.50. The highest BCUT2D eigenvalue weighted by Crippen LogP contribution is 2.39. The van der Waals surface area contributed by atoms with Gasteiger partial charge in [-0.25, -0.2) is 4.98 Å². The van der Waals surface area contributed by atoms with Crippen molar-refractivity contribution in [2.75, 3.05) is 31.2 Å². The number of fused-ring (bicyclic) bond motifs is 2. The van der Waals surface area contributed by atoms with E-state index >= 15 is 0 Å². The number of carbonyl (C=O) groups excluding carboxylic acids is 1. The van der Waals surface area contributed by atoms with Gasteiger partial charge in [0.1, 0.15) is 18.8 Å². The molecule has 2 aromatic carbocycles. The van der Waals surface area contributed by atoms with Crippen molar-refractivity contribution in [3.63, 3.8) is 0 Å². The Hall–Kier alpha value is -3.08. The maximum absolute atomic E-state index is 13.4. The Balaban J connectivity index is 1.70. The number of anilines is 1. The molecule has 0 unspecified atom stereocenters. The van der Waals surface area contributed by atoms with Gasteiger partial charge in [-0.15, -0.1) is 0 Å². The highest BCUT2D eigenvalue weighted by molar-refractivity contribution is 6.15. The van der Waals surface area contributed by atoms with Crippen molar-refractivity contribution in [1.29, 1.82) is 0 Å². The number of H-pyrrole nitrogens is 1. The van der Waals surface area contributed by atoms with E-state index in [4.69, 9.17) is 9.47 Å². The largest absolute Gasteiger partial charge is 0.486 e. The highest BCUT2D eigenvalue weighted by atomic mass is 16.6. The zero-order chi connectivity index (χ0) is 19.1. The monoisotopic (exact) mass is 375 g/mol. The predicted octanol–water partition coefficient (Wildman–Crippen LogP) is 3.56. The van der Waals surface area contributed by atoms with Crippen molar-refractivity contribution in [2.45, 2.75) is 19.8 Å². The number of rotatable bonds is 3. The van der Waals surface area contributed by atoms with Gasteiger partial charge in [-0.2, -0.15) is 0 Å². The minimum absolute atomic E-state index is 0.0370. The molecule has 5 heteroatoms. The zero-order valence-electron chi connectivity index (χ0n) is 16.0. The van der Waals surface area contributed by atoms with Crippen LogP contribution in [0.5, 0.6) is 11.5 Å². The molecular formula is C23H23N2O3+. The molecule has 1 saturated heterocycles. The van der Waals surface area contributed by atoms with E-state index in [2.05, 4.69) is 9.88 Å². The van der Waals surface area contributed by atoms with Gasteiger partial charge in [0, 0.05) is 24.7 Å². The quantitative estimate of drug-likeness (QED) is 0.657. The highest BCUT2D eigenvalue weighted by Gasteiger charge is 2.28. The van der Waals surface area contributed by atoms with Gasteiger partial charge in [-0.1, -0.05) is 29.8 Å².